The molecule has 19 heavy (non-hydrogen) atoms. The van der Waals surface area contributed by atoms with Crippen molar-refractivity contribution >= 4 is 26.7 Å². The van der Waals surface area contributed by atoms with E-state index in [9.17, 15) is 4.21 Å². The van der Waals surface area contributed by atoms with Crippen LogP contribution in [0, 0.1) is 6.92 Å². The molecule has 0 aliphatic carbocycles. The fourth-order valence-electron chi connectivity index (χ4n) is 1.88. The summed E-state index contributed by atoms with van der Waals surface area (Å²) in [6, 6.07) is 13.7. The normalized spacial score (nSPS) is 12.4. The van der Waals surface area contributed by atoms with Crippen LogP contribution in [0.25, 0.3) is 0 Å². The Morgan fingerprint density at radius 3 is 2.63 bits per heavy atom. The van der Waals surface area contributed by atoms with Gasteiger partial charge in [0.1, 0.15) is 0 Å². The van der Waals surface area contributed by atoms with Crippen molar-refractivity contribution in [1.29, 1.82) is 0 Å². The van der Waals surface area contributed by atoms with E-state index in [-0.39, 0.29) is 0 Å². The maximum Gasteiger partial charge on any atom is 0.0574 e. The number of aryl methyl sites for hydroxylation is 1. The van der Waals surface area contributed by atoms with Crippen LogP contribution in [0.3, 0.4) is 0 Å². The zero-order valence-electron chi connectivity index (χ0n) is 10.7. The summed E-state index contributed by atoms with van der Waals surface area (Å²) in [7, 11) is -1.02. The molecule has 0 radical (unpaired) electrons. The lowest BCUT2D eigenvalue weighted by Gasteiger charge is -2.08. The van der Waals surface area contributed by atoms with E-state index < -0.39 is 10.8 Å². The zero-order chi connectivity index (χ0) is 13.8. The van der Waals surface area contributed by atoms with E-state index >= 15 is 0 Å². The molecule has 2 aromatic carbocycles. The fraction of sp³-hybridized carbons (Fsp3) is 0.200. The molecule has 4 heteroatoms. The first-order valence-corrected chi connectivity index (χ1v) is 8.14. The number of hydrogen-bond acceptors (Lipinski definition) is 2. The van der Waals surface area contributed by atoms with Crippen LogP contribution in [0.1, 0.15) is 16.7 Å². The Bertz CT molecular complexity index is 613. The Morgan fingerprint density at radius 2 is 2.00 bits per heavy atom. The molecule has 0 aromatic heterocycles. The first kappa shape index (κ1) is 14.4. The van der Waals surface area contributed by atoms with E-state index in [1.165, 1.54) is 0 Å². The summed E-state index contributed by atoms with van der Waals surface area (Å²) in [5.41, 5.74) is 8.97. The third-order valence-electron chi connectivity index (χ3n) is 2.99. The smallest absolute Gasteiger partial charge is 0.0574 e. The quantitative estimate of drug-likeness (QED) is 0.927. The molecular weight excluding hydrogens is 322 g/mol. The highest BCUT2D eigenvalue weighted by Crippen LogP contribution is 2.19. The average molecular weight is 338 g/mol. The molecule has 0 bridgehead atoms. The van der Waals surface area contributed by atoms with Crippen molar-refractivity contribution in [3.63, 3.8) is 0 Å². The van der Waals surface area contributed by atoms with Gasteiger partial charge in [-0.3, -0.25) is 4.21 Å². The van der Waals surface area contributed by atoms with E-state index in [1.54, 1.807) is 0 Å². The molecule has 2 nitrogen and oxygen atoms in total. The molecule has 2 aromatic rings. The summed E-state index contributed by atoms with van der Waals surface area (Å²) >= 11 is 3.40. The number of nitrogens with two attached hydrogens (primary N) is 1. The number of rotatable bonds is 4. The molecule has 0 aliphatic rings. The predicted octanol–water partition coefficient (Wildman–Crippen LogP) is 3.52. The Labute approximate surface area is 124 Å². The lowest BCUT2D eigenvalue weighted by molar-refractivity contribution is 0.682. The molecule has 100 valence electrons. The van der Waals surface area contributed by atoms with Gasteiger partial charge in [-0.1, -0.05) is 40.2 Å². The minimum absolute atomic E-state index is 0.535. The van der Waals surface area contributed by atoms with E-state index in [1.807, 2.05) is 43.3 Å². The molecule has 0 aliphatic heterocycles. The third kappa shape index (κ3) is 3.75. The van der Waals surface area contributed by atoms with E-state index in [0.717, 1.165) is 26.1 Å². The molecule has 0 fully saturated rings. The summed E-state index contributed by atoms with van der Waals surface area (Å²) in [5.74, 6) is 0.535. The highest BCUT2D eigenvalue weighted by Gasteiger charge is 2.08. The molecule has 2 N–H and O–H groups in total. The van der Waals surface area contributed by atoms with E-state index in [4.69, 9.17) is 5.73 Å². The number of benzene rings is 2. The van der Waals surface area contributed by atoms with Crippen LogP contribution in [-0.4, -0.2) is 4.21 Å². The minimum atomic E-state index is -1.02. The van der Waals surface area contributed by atoms with Gasteiger partial charge in [0.25, 0.3) is 0 Å². The average Bonchev–Trinajstić information content (AvgIpc) is 2.41. The van der Waals surface area contributed by atoms with Gasteiger partial charge < -0.3 is 5.73 Å². The first-order chi connectivity index (χ1) is 9.10. The standard InChI is InChI=1S/C15H16BrNOS/c1-11-7-12(9-17)5-6-13(11)10-19(18)15-4-2-3-14(16)8-15/h2-8H,9-10,17H2,1H3. The van der Waals surface area contributed by atoms with Crippen LogP contribution in [0.4, 0.5) is 0 Å². The third-order valence-corrected chi connectivity index (χ3v) is 4.83. The van der Waals surface area contributed by atoms with Crippen molar-refractivity contribution in [1.82, 2.24) is 0 Å². The van der Waals surface area contributed by atoms with Gasteiger partial charge in [-0.05, 0) is 41.8 Å². The van der Waals surface area contributed by atoms with Crippen molar-refractivity contribution in [3.05, 3.63) is 63.6 Å². The van der Waals surface area contributed by atoms with Gasteiger partial charge >= 0.3 is 0 Å². The van der Waals surface area contributed by atoms with Crippen LogP contribution in [0.5, 0.6) is 0 Å². The second-order valence-corrected chi connectivity index (χ2v) is 6.78. The summed E-state index contributed by atoms with van der Waals surface area (Å²) < 4.78 is 13.3. The minimum Gasteiger partial charge on any atom is -0.326 e. The van der Waals surface area contributed by atoms with Crippen molar-refractivity contribution in [2.45, 2.75) is 24.1 Å². The van der Waals surface area contributed by atoms with Crippen molar-refractivity contribution in [2.75, 3.05) is 0 Å². The van der Waals surface area contributed by atoms with Crippen LogP contribution < -0.4 is 5.73 Å². The molecule has 1 atom stereocenters. The molecular formula is C15H16BrNOS. The van der Waals surface area contributed by atoms with Crippen LogP contribution in [-0.2, 0) is 23.1 Å². The summed E-state index contributed by atoms with van der Waals surface area (Å²) in [5, 5.41) is 0. The monoisotopic (exact) mass is 337 g/mol. The highest BCUT2D eigenvalue weighted by molar-refractivity contribution is 9.10. The SMILES string of the molecule is Cc1cc(CN)ccc1CS(=O)c1cccc(Br)c1. The lowest BCUT2D eigenvalue weighted by atomic mass is 10.1. The predicted molar refractivity (Wildman–Crippen MR) is 83.3 cm³/mol. The Kier molecular flexibility index (Phi) is 4.91. The Morgan fingerprint density at radius 1 is 1.21 bits per heavy atom. The molecule has 0 spiro atoms. The van der Waals surface area contributed by atoms with Crippen molar-refractivity contribution < 1.29 is 4.21 Å². The largest absolute Gasteiger partial charge is 0.326 e. The maximum atomic E-state index is 12.3. The van der Waals surface area contributed by atoms with Gasteiger partial charge in [0.15, 0.2) is 0 Å². The molecule has 0 saturated carbocycles. The van der Waals surface area contributed by atoms with Gasteiger partial charge in [-0.2, -0.15) is 0 Å². The van der Waals surface area contributed by atoms with Crippen molar-refractivity contribution in [2.24, 2.45) is 5.73 Å². The van der Waals surface area contributed by atoms with Gasteiger partial charge in [-0.15, -0.1) is 0 Å². The van der Waals surface area contributed by atoms with E-state index in [0.29, 0.717) is 12.3 Å². The molecule has 1 unspecified atom stereocenters. The van der Waals surface area contributed by atoms with Crippen LogP contribution in [0.2, 0.25) is 0 Å². The highest BCUT2D eigenvalue weighted by atomic mass is 79.9. The van der Waals surface area contributed by atoms with Gasteiger partial charge in [0.2, 0.25) is 0 Å². The molecule has 0 saturated heterocycles. The van der Waals surface area contributed by atoms with Gasteiger partial charge in [0, 0.05) is 15.9 Å². The zero-order valence-corrected chi connectivity index (χ0v) is 13.1. The Balaban J connectivity index is 2.19. The van der Waals surface area contributed by atoms with Crippen molar-refractivity contribution in [3.8, 4) is 0 Å². The van der Waals surface area contributed by atoms with Crippen LogP contribution in [0.15, 0.2) is 51.8 Å². The second-order valence-electron chi connectivity index (χ2n) is 4.41. The molecule has 0 heterocycles. The number of halogens is 1. The molecule has 0 amide bonds. The van der Waals surface area contributed by atoms with Gasteiger partial charge in [0.05, 0.1) is 16.6 Å². The van der Waals surface area contributed by atoms with Gasteiger partial charge in [-0.25, -0.2) is 0 Å². The summed E-state index contributed by atoms with van der Waals surface area (Å²) in [6.45, 7) is 2.57. The topological polar surface area (TPSA) is 43.1 Å². The lowest BCUT2D eigenvalue weighted by Crippen LogP contribution is -2.01. The first-order valence-electron chi connectivity index (χ1n) is 6.02. The summed E-state index contributed by atoms with van der Waals surface area (Å²) in [6.07, 6.45) is 0. The number of hydrogen-bond donors (Lipinski definition) is 1. The van der Waals surface area contributed by atoms with E-state index in [2.05, 4.69) is 22.0 Å². The Hall–Kier alpha value is -0.970. The molecule has 2 rings (SSSR count). The second kappa shape index (κ2) is 6.46. The fourth-order valence-corrected chi connectivity index (χ4v) is 3.69. The maximum absolute atomic E-state index is 12.3. The van der Waals surface area contributed by atoms with Crippen LogP contribution >= 0.6 is 15.9 Å². The summed E-state index contributed by atoms with van der Waals surface area (Å²) in [4.78, 5) is 0.844.